The van der Waals surface area contributed by atoms with Crippen LogP contribution >= 0.6 is 11.6 Å². The minimum atomic E-state index is -1.10. The molecule has 20 heavy (non-hydrogen) atoms. The van der Waals surface area contributed by atoms with Gasteiger partial charge in [-0.1, -0.05) is 17.7 Å². The Balaban J connectivity index is 1.80. The van der Waals surface area contributed by atoms with Gasteiger partial charge in [-0.3, -0.25) is 0 Å². The topological polar surface area (TPSA) is 64.3 Å². The molecule has 1 aliphatic carbocycles. The molecule has 0 spiro atoms. The first-order valence-electron chi connectivity index (χ1n) is 6.32. The number of aromatic nitrogens is 2. The second-order valence-electron chi connectivity index (χ2n) is 4.73. The summed E-state index contributed by atoms with van der Waals surface area (Å²) in [6, 6.07) is 5.32. The summed E-state index contributed by atoms with van der Waals surface area (Å²) in [7, 11) is 0. The molecule has 1 fully saturated rings. The van der Waals surface area contributed by atoms with Crippen molar-refractivity contribution in [1.29, 1.82) is 0 Å². The van der Waals surface area contributed by atoms with E-state index in [0.717, 1.165) is 18.5 Å². The van der Waals surface area contributed by atoms with Crippen LogP contribution in [0.25, 0.3) is 0 Å². The van der Waals surface area contributed by atoms with Crippen molar-refractivity contribution in [2.24, 2.45) is 0 Å². The molecule has 6 heteroatoms. The Morgan fingerprint density at radius 3 is 3.00 bits per heavy atom. The quantitative estimate of drug-likeness (QED) is 0.919. The molecule has 1 aliphatic rings. The number of carboxylic acid groups (broad SMARTS) is 1. The number of carbonyl (C=O) groups is 1. The van der Waals surface area contributed by atoms with Crippen molar-refractivity contribution in [3.05, 3.63) is 47.0 Å². The molecule has 3 rings (SSSR count). The molecule has 0 saturated heterocycles. The minimum Gasteiger partial charge on any atom is -0.486 e. The van der Waals surface area contributed by atoms with Crippen molar-refractivity contribution in [3.63, 3.8) is 0 Å². The van der Waals surface area contributed by atoms with Gasteiger partial charge in [-0.05, 0) is 25.0 Å². The molecule has 0 atom stereocenters. The van der Waals surface area contributed by atoms with Gasteiger partial charge in [-0.15, -0.1) is 0 Å². The van der Waals surface area contributed by atoms with Crippen LogP contribution in [0.4, 0.5) is 0 Å². The highest BCUT2D eigenvalue weighted by Gasteiger charge is 2.25. The molecule has 0 amide bonds. The van der Waals surface area contributed by atoms with Gasteiger partial charge in [-0.2, -0.15) is 0 Å². The van der Waals surface area contributed by atoms with Gasteiger partial charge in [0, 0.05) is 6.04 Å². The van der Waals surface area contributed by atoms with Gasteiger partial charge in [0.1, 0.15) is 17.9 Å². The SMILES string of the molecule is O=C(O)c1c(Cl)cccc1OCc1cncn1C1CC1. The molecule has 0 unspecified atom stereocenters. The molecular weight excluding hydrogens is 280 g/mol. The van der Waals surface area contributed by atoms with Crippen molar-refractivity contribution in [1.82, 2.24) is 9.55 Å². The van der Waals surface area contributed by atoms with Crippen LogP contribution in [0.15, 0.2) is 30.7 Å². The molecule has 0 aliphatic heterocycles. The van der Waals surface area contributed by atoms with Crippen molar-refractivity contribution in [3.8, 4) is 5.75 Å². The van der Waals surface area contributed by atoms with E-state index in [9.17, 15) is 9.90 Å². The third-order valence-corrected chi connectivity index (χ3v) is 3.57. The Hall–Kier alpha value is -2.01. The summed E-state index contributed by atoms with van der Waals surface area (Å²) in [6.45, 7) is 0.275. The summed E-state index contributed by atoms with van der Waals surface area (Å²) in [5.41, 5.74) is 0.926. The first kappa shape index (κ1) is 13.0. The van der Waals surface area contributed by atoms with Crippen LogP contribution in [0.5, 0.6) is 5.75 Å². The van der Waals surface area contributed by atoms with Gasteiger partial charge in [0.15, 0.2) is 0 Å². The number of hydrogen-bond acceptors (Lipinski definition) is 3. The first-order chi connectivity index (χ1) is 9.66. The molecule has 5 nitrogen and oxygen atoms in total. The maximum Gasteiger partial charge on any atom is 0.341 e. The summed E-state index contributed by atoms with van der Waals surface area (Å²) < 4.78 is 7.69. The van der Waals surface area contributed by atoms with Gasteiger partial charge in [0.2, 0.25) is 0 Å². The van der Waals surface area contributed by atoms with E-state index in [1.807, 2.05) is 0 Å². The number of halogens is 1. The maximum absolute atomic E-state index is 11.2. The fourth-order valence-electron chi connectivity index (χ4n) is 2.11. The van der Waals surface area contributed by atoms with E-state index >= 15 is 0 Å². The Morgan fingerprint density at radius 2 is 2.30 bits per heavy atom. The molecule has 1 aromatic heterocycles. The lowest BCUT2D eigenvalue weighted by molar-refractivity contribution is 0.0692. The summed E-state index contributed by atoms with van der Waals surface area (Å²) in [6.07, 6.45) is 5.83. The summed E-state index contributed by atoms with van der Waals surface area (Å²) in [5, 5.41) is 9.35. The van der Waals surface area contributed by atoms with E-state index in [1.165, 1.54) is 6.07 Å². The zero-order valence-corrected chi connectivity index (χ0v) is 11.4. The van der Waals surface area contributed by atoms with Crippen molar-refractivity contribution < 1.29 is 14.6 Å². The smallest absolute Gasteiger partial charge is 0.341 e. The number of hydrogen-bond donors (Lipinski definition) is 1. The zero-order chi connectivity index (χ0) is 14.1. The Labute approximate surface area is 120 Å². The van der Waals surface area contributed by atoms with Crippen LogP contribution in [0.2, 0.25) is 5.02 Å². The molecule has 104 valence electrons. The Kier molecular flexibility index (Phi) is 3.36. The minimum absolute atomic E-state index is 0.00773. The molecular formula is C14H13ClN2O3. The van der Waals surface area contributed by atoms with E-state index in [1.54, 1.807) is 24.7 Å². The molecule has 0 radical (unpaired) electrons. The van der Waals surface area contributed by atoms with Crippen LogP contribution in [0.1, 0.15) is 34.9 Å². The number of ether oxygens (including phenoxy) is 1. The highest BCUT2D eigenvalue weighted by atomic mass is 35.5. The maximum atomic E-state index is 11.2. The molecule has 2 aromatic rings. The zero-order valence-electron chi connectivity index (χ0n) is 10.6. The standard InChI is InChI=1S/C14H13ClN2O3/c15-11-2-1-3-12(13(11)14(18)19)20-7-10-6-16-8-17(10)9-4-5-9/h1-3,6,8-9H,4-5,7H2,(H,18,19). The highest BCUT2D eigenvalue weighted by molar-refractivity contribution is 6.33. The van der Waals surface area contributed by atoms with Crippen molar-refractivity contribution in [2.75, 3.05) is 0 Å². The van der Waals surface area contributed by atoms with Crippen LogP contribution in [-0.2, 0) is 6.61 Å². The molecule has 1 aromatic carbocycles. The number of imidazole rings is 1. The fourth-order valence-corrected chi connectivity index (χ4v) is 2.36. The van der Waals surface area contributed by atoms with E-state index in [0.29, 0.717) is 6.04 Å². The molecule has 0 bridgehead atoms. The number of rotatable bonds is 5. The van der Waals surface area contributed by atoms with E-state index < -0.39 is 5.97 Å². The Bertz CT molecular complexity index is 650. The number of carboxylic acids is 1. The lowest BCUT2D eigenvalue weighted by Gasteiger charge is -2.11. The lowest BCUT2D eigenvalue weighted by Crippen LogP contribution is -2.07. The predicted octanol–water partition coefficient (Wildman–Crippen LogP) is 3.15. The predicted molar refractivity (Wildman–Crippen MR) is 73.2 cm³/mol. The highest BCUT2D eigenvalue weighted by Crippen LogP contribution is 2.36. The lowest BCUT2D eigenvalue weighted by atomic mass is 10.2. The third kappa shape index (κ3) is 2.49. The van der Waals surface area contributed by atoms with Gasteiger partial charge < -0.3 is 14.4 Å². The average molecular weight is 293 g/mol. The van der Waals surface area contributed by atoms with Crippen LogP contribution in [0.3, 0.4) is 0 Å². The normalized spacial score (nSPS) is 14.2. The van der Waals surface area contributed by atoms with E-state index in [4.69, 9.17) is 16.3 Å². The van der Waals surface area contributed by atoms with Crippen molar-refractivity contribution >= 4 is 17.6 Å². The van der Waals surface area contributed by atoms with E-state index in [2.05, 4.69) is 9.55 Å². The van der Waals surface area contributed by atoms with Crippen LogP contribution < -0.4 is 4.74 Å². The van der Waals surface area contributed by atoms with Crippen LogP contribution in [-0.4, -0.2) is 20.6 Å². The van der Waals surface area contributed by atoms with Gasteiger partial charge in [0.25, 0.3) is 0 Å². The number of nitrogens with zero attached hydrogens (tertiary/aromatic N) is 2. The summed E-state index contributed by atoms with van der Waals surface area (Å²) in [5.74, 6) is -0.824. The average Bonchev–Trinajstić information content (AvgIpc) is 3.15. The largest absolute Gasteiger partial charge is 0.486 e. The third-order valence-electron chi connectivity index (χ3n) is 3.25. The Morgan fingerprint density at radius 1 is 1.50 bits per heavy atom. The second-order valence-corrected chi connectivity index (χ2v) is 5.14. The molecule has 1 N–H and O–H groups in total. The fraction of sp³-hybridized carbons (Fsp3) is 0.286. The van der Waals surface area contributed by atoms with Gasteiger partial charge >= 0.3 is 5.97 Å². The van der Waals surface area contributed by atoms with E-state index in [-0.39, 0.29) is 22.9 Å². The molecule has 1 heterocycles. The monoisotopic (exact) mass is 292 g/mol. The number of benzene rings is 1. The first-order valence-corrected chi connectivity index (χ1v) is 6.70. The van der Waals surface area contributed by atoms with Crippen molar-refractivity contribution in [2.45, 2.75) is 25.5 Å². The van der Waals surface area contributed by atoms with Gasteiger partial charge in [0.05, 0.1) is 23.2 Å². The second kappa shape index (κ2) is 5.17. The van der Waals surface area contributed by atoms with Crippen LogP contribution in [0, 0.1) is 0 Å². The number of aromatic carboxylic acids is 1. The van der Waals surface area contributed by atoms with Gasteiger partial charge in [-0.25, -0.2) is 9.78 Å². The molecule has 1 saturated carbocycles. The summed E-state index contributed by atoms with van der Waals surface area (Å²) in [4.78, 5) is 15.3. The summed E-state index contributed by atoms with van der Waals surface area (Å²) >= 11 is 5.90.